The van der Waals surface area contributed by atoms with Crippen LogP contribution in [0.1, 0.15) is 98.8 Å². The summed E-state index contributed by atoms with van der Waals surface area (Å²) >= 11 is 12.3. The summed E-state index contributed by atoms with van der Waals surface area (Å²) in [6, 6.07) is 30.9. The molecule has 0 aliphatic carbocycles. The van der Waals surface area contributed by atoms with Gasteiger partial charge in [0.05, 0.1) is 31.0 Å². The Bertz CT molecular complexity index is 2660. The second-order valence-electron chi connectivity index (χ2n) is 18.1. The molecule has 342 valence electrons. The lowest BCUT2D eigenvalue weighted by molar-refractivity contribution is -0.166. The van der Waals surface area contributed by atoms with Crippen molar-refractivity contribution in [1.82, 2.24) is 4.90 Å². The molecule has 6 aromatic rings. The minimum atomic E-state index is -1.11. The molecule has 1 aliphatic heterocycles. The van der Waals surface area contributed by atoms with E-state index in [4.69, 9.17) is 42.1 Å². The van der Waals surface area contributed by atoms with Gasteiger partial charge < -0.3 is 24.1 Å². The van der Waals surface area contributed by atoms with Crippen molar-refractivity contribution in [2.75, 3.05) is 32.9 Å². The maximum Gasteiger partial charge on any atom is 0.339 e. The molecule has 0 bridgehead atoms. The van der Waals surface area contributed by atoms with E-state index in [-0.39, 0.29) is 6.61 Å². The smallest absolute Gasteiger partial charge is 0.339 e. The first-order valence-corrected chi connectivity index (χ1v) is 22.7. The number of carboxylic acids is 1. The first-order valence-electron chi connectivity index (χ1n) is 21.9. The van der Waals surface area contributed by atoms with Crippen molar-refractivity contribution in [3.05, 3.63) is 140 Å². The molecule has 1 fully saturated rings. The van der Waals surface area contributed by atoms with Crippen LogP contribution >= 0.6 is 23.2 Å². The van der Waals surface area contributed by atoms with Crippen LogP contribution in [0.15, 0.2) is 97.1 Å². The summed E-state index contributed by atoms with van der Waals surface area (Å²) in [7, 11) is 0. The lowest BCUT2D eigenvalue weighted by Crippen LogP contribution is -2.36. The van der Waals surface area contributed by atoms with Gasteiger partial charge in [-0.2, -0.15) is 0 Å². The molecule has 11 heteroatoms. The first kappa shape index (κ1) is 49.3. The molecule has 0 amide bonds. The van der Waals surface area contributed by atoms with Crippen LogP contribution in [0.4, 0.5) is 0 Å². The van der Waals surface area contributed by atoms with Crippen LogP contribution in [-0.2, 0) is 35.1 Å². The molecular weight excluding hydrogens is 861 g/mol. The number of hydrogen-bond acceptors (Lipinski definition) is 8. The molecule has 1 saturated heterocycles. The summed E-state index contributed by atoms with van der Waals surface area (Å²) in [5.41, 5.74) is 6.91. The summed E-state index contributed by atoms with van der Waals surface area (Å²) in [6.07, 6.45) is -1.26. The minimum Gasteiger partial charge on any atom is -0.479 e. The maximum atomic E-state index is 13.1. The zero-order valence-electron chi connectivity index (χ0n) is 38.7. The highest BCUT2D eigenvalue weighted by molar-refractivity contribution is 6.31. The number of benzene rings is 6. The second kappa shape index (κ2) is 21.0. The van der Waals surface area contributed by atoms with Crippen molar-refractivity contribution >= 4 is 63.0 Å². The highest BCUT2D eigenvalue weighted by atomic mass is 35.5. The van der Waals surface area contributed by atoms with Crippen LogP contribution in [-0.4, -0.2) is 72.3 Å². The first-order chi connectivity index (χ1) is 30.8. The number of morpholine rings is 1. The van der Waals surface area contributed by atoms with Crippen LogP contribution < -0.4 is 0 Å². The molecular formula is C54H59Cl2NO8. The summed E-state index contributed by atoms with van der Waals surface area (Å²) < 4.78 is 23.3. The predicted molar refractivity (Wildman–Crippen MR) is 261 cm³/mol. The summed E-state index contributed by atoms with van der Waals surface area (Å²) in [6.45, 7) is 21.0. The van der Waals surface area contributed by atoms with Crippen molar-refractivity contribution in [3.63, 3.8) is 0 Å². The van der Waals surface area contributed by atoms with Gasteiger partial charge in [0.2, 0.25) is 0 Å². The number of ether oxygens (including phenoxy) is 4. The van der Waals surface area contributed by atoms with Gasteiger partial charge in [0, 0.05) is 46.4 Å². The van der Waals surface area contributed by atoms with Crippen LogP contribution in [0.5, 0.6) is 0 Å². The van der Waals surface area contributed by atoms with Gasteiger partial charge in [-0.3, -0.25) is 9.69 Å². The fraction of sp³-hybridized carbons (Fsp3) is 0.352. The third-order valence-corrected chi connectivity index (χ3v) is 11.8. The largest absolute Gasteiger partial charge is 0.479 e. The SMILES string of the molecule is CCOC(=O)C(OC(C)(C)C)c1c(C)c(C=O)c2ccccc2c1-c1ccc(Cl)cc1.Cc1c(C(OC(C)(C)C)C(=O)O)c(-c2ccc(Cl)cc2)c2ccccc2c1CN1CCOCC1. The number of halogens is 2. The molecule has 2 unspecified atom stereocenters. The second-order valence-corrected chi connectivity index (χ2v) is 19.0. The van der Waals surface area contributed by atoms with Gasteiger partial charge in [0.15, 0.2) is 18.5 Å². The number of aldehydes is 1. The van der Waals surface area contributed by atoms with Crippen molar-refractivity contribution in [2.24, 2.45) is 0 Å². The normalized spacial score (nSPS) is 14.4. The van der Waals surface area contributed by atoms with Crippen LogP contribution in [0.25, 0.3) is 43.8 Å². The van der Waals surface area contributed by atoms with Gasteiger partial charge in [-0.05, 0) is 147 Å². The quantitative estimate of drug-likeness (QED) is 0.0947. The minimum absolute atomic E-state index is 0.228. The fourth-order valence-electron chi connectivity index (χ4n) is 8.51. The van der Waals surface area contributed by atoms with E-state index in [2.05, 4.69) is 17.0 Å². The number of carbonyl (C=O) groups excluding carboxylic acids is 2. The van der Waals surface area contributed by atoms with E-state index < -0.39 is 35.3 Å². The van der Waals surface area contributed by atoms with Crippen LogP contribution in [0, 0.1) is 13.8 Å². The molecule has 9 nitrogen and oxygen atoms in total. The lowest BCUT2D eigenvalue weighted by Gasteiger charge is -2.32. The van der Waals surface area contributed by atoms with Crippen LogP contribution in [0.2, 0.25) is 10.0 Å². The molecule has 0 aromatic heterocycles. The molecule has 7 rings (SSSR count). The summed E-state index contributed by atoms with van der Waals surface area (Å²) in [5.74, 6) is -1.48. The third-order valence-electron chi connectivity index (χ3n) is 11.3. The monoisotopic (exact) mass is 919 g/mol. The Morgan fingerprint density at radius 1 is 0.692 bits per heavy atom. The topological polar surface area (TPSA) is 112 Å². The van der Waals surface area contributed by atoms with E-state index in [0.717, 1.165) is 80.8 Å². The van der Waals surface area contributed by atoms with Gasteiger partial charge >= 0.3 is 11.9 Å². The number of aliphatic carboxylic acids is 1. The number of esters is 1. The molecule has 0 radical (unpaired) electrons. The van der Waals surface area contributed by atoms with Crippen molar-refractivity contribution in [1.29, 1.82) is 0 Å². The Morgan fingerprint density at radius 2 is 1.14 bits per heavy atom. The number of carbonyl (C=O) groups is 3. The van der Waals surface area contributed by atoms with Gasteiger partial charge in [0.25, 0.3) is 0 Å². The molecule has 65 heavy (non-hydrogen) atoms. The van der Waals surface area contributed by atoms with Gasteiger partial charge in [0.1, 0.15) is 0 Å². The van der Waals surface area contributed by atoms with Crippen molar-refractivity contribution in [2.45, 2.75) is 92.3 Å². The third kappa shape index (κ3) is 11.6. The number of rotatable bonds is 12. The van der Waals surface area contributed by atoms with E-state index in [1.54, 1.807) is 6.92 Å². The van der Waals surface area contributed by atoms with E-state index in [1.807, 2.05) is 140 Å². The Labute approximate surface area is 392 Å². The summed E-state index contributed by atoms with van der Waals surface area (Å²) in [4.78, 5) is 40.2. The number of nitrogens with zero attached hydrogens (tertiary/aromatic N) is 1. The highest BCUT2D eigenvalue weighted by Crippen LogP contribution is 2.45. The van der Waals surface area contributed by atoms with Crippen molar-refractivity contribution in [3.8, 4) is 22.3 Å². The molecule has 1 aliphatic rings. The van der Waals surface area contributed by atoms with Crippen LogP contribution in [0.3, 0.4) is 0 Å². The lowest BCUT2D eigenvalue weighted by atomic mass is 9.83. The van der Waals surface area contributed by atoms with Gasteiger partial charge in [-0.1, -0.05) is 96.0 Å². The predicted octanol–water partition coefficient (Wildman–Crippen LogP) is 12.9. The molecule has 1 N–H and O–H groups in total. The van der Waals surface area contributed by atoms with Crippen molar-refractivity contribution < 1.29 is 38.4 Å². The maximum absolute atomic E-state index is 13.1. The standard InChI is InChI=1S/C28H32ClNO4.C26H27ClO4/c1-18-23(17-30-13-15-33-16-14-30)21-7-5-6-8-22(21)25(19-9-11-20(29)12-10-19)24(18)26(27(31)32)34-28(2,3)4;1-6-30-25(29)24(31-26(3,4)5)22-16(2)21(15-28)19-9-7-8-10-20(19)23(22)17-11-13-18(27)14-12-17/h5-12,26H,13-17H2,1-4H3,(H,31,32);7-15,24H,6H2,1-5H3. The van der Waals surface area contributed by atoms with E-state index in [9.17, 15) is 19.5 Å². The Kier molecular flexibility index (Phi) is 15.9. The molecule has 6 aromatic carbocycles. The van der Waals surface area contributed by atoms with Gasteiger partial charge in [-0.15, -0.1) is 0 Å². The molecule has 0 saturated carbocycles. The molecule has 1 heterocycles. The number of fused-ring (bicyclic) bond motifs is 2. The molecule has 0 spiro atoms. The zero-order valence-corrected chi connectivity index (χ0v) is 40.2. The number of hydrogen-bond donors (Lipinski definition) is 1. The van der Waals surface area contributed by atoms with Gasteiger partial charge in [-0.25, -0.2) is 9.59 Å². The average Bonchev–Trinajstić information content (AvgIpc) is 3.26. The Hall–Kier alpha value is -5.13. The van der Waals surface area contributed by atoms with E-state index in [0.29, 0.717) is 45.5 Å². The van der Waals surface area contributed by atoms with E-state index in [1.165, 1.54) is 0 Å². The summed E-state index contributed by atoms with van der Waals surface area (Å²) in [5, 5.41) is 15.4. The Morgan fingerprint density at radius 3 is 1.60 bits per heavy atom. The fourth-order valence-corrected chi connectivity index (χ4v) is 8.76. The Balaban J connectivity index is 0.000000216. The highest BCUT2D eigenvalue weighted by Gasteiger charge is 2.35. The zero-order chi connectivity index (χ0) is 47.2. The average molecular weight is 921 g/mol. The number of carboxylic acid groups (broad SMARTS) is 1. The molecule has 2 atom stereocenters. The van der Waals surface area contributed by atoms with E-state index >= 15 is 0 Å².